The van der Waals surface area contributed by atoms with Gasteiger partial charge in [0, 0.05) is 32.0 Å². The van der Waals surface area contributed by atoms with Gasteiger partial charge >= 0.3 is 0 Å². The number of carbonyl (C=O) groups is 2. The number of aliphatic hydroxyl groups is 1. The van der Waals surface area contributed by atoms with Crippen LogP contribution in [0.5, 0.6) is 0 Å². The highest BCUT2D eigenvalue weighted by molar-refractivity contribution is 6.01. The number of nitrogens with zero attached hydrogens (tertiary/aromatic N) is 7. The molecule has 1 saturated carbocycles. The summed E-state index contributed by atoms with van der Waals surface area (Å²) in [7, 11) is 0. The minimum absolute atomic E-state index is 0.110. The van der Waals surface area contributed by atoms with Gasteiger partial charge in [0.1, 0.15) is 16.8 Å². The van der Waals surface area contributed by atoms with Gasteiger partial charge in [-0.25, -0.2) is 4.98 Å². The van der Waals surface area contributed by atoms with Crippen LogP contribution in [0.1, 0.15) is 39.5 Å². The normalized spacial score (nSPS) is 25.0. The van der Waals surface area contributed by atoms with Gasteiger partial charge in [0.25, 0.3) is 0 Å². The molecule has 2 N–H and O–H groups in total. The number of nitriles is 1. The number of nitrogens with one attached hydrogen (secondary N) is 1. The Morgan fingerprint density at radius 3 is 2.79 bits per heavy atom. The number of carbonyl (C=O) groups excluding carboxylic acids is 2. The van der Waals surface area contributed by atoms with Crippen LogP contribution in [0.15, 0.2) is 24.7 Å². The molecule has 0 spiro atoms. The van der Waals surface area contributed by atoms with Crippen LogP contribution in [0, 0.1) is 22.7 Å². The van der Waals surface area contributed by atoms with E-state index in [1.807, 2.05) is 0 Å². The van der Waals surface area contributed by atoms with Gasteiger partial charge in [0.05, 0.1) is 24.1 Å². The Morgan fingerprint density at radius 1 is 1.32 bits per heavy atom. The van der Waals surface area contributed by atoms with Crippen LogP contribution in [0.3, 0.4) is 0 Å². The Morgan fingerprint density at radius 2 is 2.12 bits per heavy atom. The van der Waals surface area contributed by atoms with Crippen LogP contribution < -0.4 is 10.2 Å². The van der Waals surface area contributed by atoms with Crippen LogP contribution in [-0.4, -0.2) is 67.3 Å². The first-order valence-corrected chi connectivity index (χ1v) is 11.6. The number of likely N-dealkylation sites (tertiary alicyclic amines) is 1. The van der Waals surface area contributed by atoms with E-state index >= 15 is 0 Å². The SMILES string of the molecule is CC(C)(C(=O)N1CC[C@H](O)C1)n1cc(Nc2nccc(N3CC[C@@](C#N)(C4CC4)C3=O)n2)cn1. The second-order valence-corrected chi connectivity index (χ2v) is 9.85. The Balaban J connectivity index is 1.30. The third kappa shape index (κ3) is 3.68. The summed E-state index contributed by atoms with van der Waals surface area (Å²) in [4.78, 5) is 38.0. The van der Waals surface area contributed by atoms with Gasteiger partial charge in [0.2, 0.25) is 17.8 Å². The summed E-state index contributed by atoms with van der Waals surface area (Å²) in [5.74, 6) is 0.604. The van der Waals surface area contributed by atoms with E-state index in [2.05, 4.69) is 26.5 Å². The van der Waals surface area contributed by atoms with E-state index in [0.29, 0.717) is 44.0 Å². The van der Waals surface area contributed by atoms with Crippen LogP contribution >= 0.6 is 0 Å². The Bertz CT molecular complexity index is 1170. The zero-order chi connectivity index (χ0) is 24.1. The second-order valence-electron chi connectivity index (χ2n) is 9.85. The van der Waals surface area contributed by atoms with Crippen LogP contribution in [0.4, 0.5) is 17.5 Å². The molecule has 2 aromatic heterocycles. The molecule has 2 saturated heterocycles. The molecule has 11 nitrogen and oxygen atoms in total. The lowest BCUT2D eigenvalue weighted by Gasteiger charge is -2.29. The Hall–Kier alpha value is -3.52. The third-order valence-electron chi connectivity index (χ3n) is 7.13. The predicted molar refractivity (Wildman–Crippen MR) is 122 cm³/mol. The minimum atomic E-state index is -0.932. The average Bonchev–Trinajstić information content (AvgIpc) is 3.24. The number of hydrogen-bond donors (Lipinski definition) is 2. The van der Waals surface area contributed by atoms with Gasteiger partial charge < -0.3 is 15.3 Å². The summed E-state index contributed by atoms with van der Waals surface area (Å²) >= 11 is 0. The van der Waals surface area contributed by atoms with E-state index in [1.54, 1.807) is 53.0 Å². The molecule has 0 aromatic carbocycles. The zero-order valence-corrected chi connectivity index (χ0v) is 19.3. The van der Waals surface area contributed by atoms with Gasteiger partial charge in [-0.05, 0) is 51.5 Å². The molecule has 0 bridgehead atoms. The minimum Gasteiger partial charge on any atom is -0.391 e. The smallest absolute Gasteiger partial charge is 0.250 e. The molecule has 2 atom stereocenters. The Labute approximate surface area is 197 Å². The van der Waals surface area contributed by atoms with Crippen LogP contribution in [0.25, 0.3) is 0 Å². The molecule has 2 amide bonds. The first-order chi connectivity index (χ1) is 16.2. The van der Waals surface area contributed by atoms with Crippen molar-refractivity contribution in [3.05, 3.63) is 24.7 Å². The molecule has 4 heterocycles. The molecular weight excluding hydrogens is 436 g/mol. The molecule has 3 fully saturated rings. The number of rotatable bonds is 6. The van der Waals surface area contributed by atoms with E-state index in [0.717, 1.165) is 12.8 Å². The molecule has 34 heavy (non-hydrogen) atoms. The number of anilines is 3. The first kappa shape index (κ1) is 22.3. The number of aromatic nitrogens is 4. The lowest BCUT2D eigenvalue weighted by atomic mass is 9.83. The maximum atomic E-state index is 13.1. The third-order valence-corrected chi connectivity index (χ3v) is 7.13. The van der Waals surface area contributed by atoms with Crippen molar-refractivity contribution in [2.45, 2.75) is 51.2 Å². The fraction of sp³-hybridized carbons (Fsp3) is 0.565. The molecule has 11 heteroatoms. The lowest BCUT2D eigenvalue weighted by Crippen LogP contribution is -2.46. The molecule has 0 radical (unpaired) electrons. The fourth-order valence-electron chi connectivity index (χ4n) is 4.90. The quantitative estimate of drug-likeness (QED) is 0.654. The largest absolute Gasteiger partial charge is 0.391 e. The number of hydrogen-bond acceptors (Lipinski definition) is 8. The van der Waals surface area contributed by atoms with Gasteiger partial charge in [0.15, 0.2) is 0 Å². The van der Waals surface area contributed by atoms with Gasteiger partial charge in [-0.3, -0.25) is 19.2 Å². The molecule has 3 aliphatic rings. The maximum Gasteiger partial charge on any atom is 0.250 e. The number of β-amino-alcohol motifs (C(OH)–C–C–N with tert-alkyl or cyclic N) is 1. The summed E-state index contributed by atoms with van der Waals surface area (Å²) in [6, 6.07) is 3.95. The van der Waals surface area contributed by atoms with Crippen molar-refractivity contribution in [1.82, 2.24) is 24.6 Å². The summed E-state index contributed by atoms with van der Waals surface area (Å²) in [5.41, 5.74) is -1.27. The van der Waals surface area contributed by atoms with E-state index in [4.69, 9.17) is 0 Å². The van der Waals surface area contributed by atoms with Crippen molar-refractivity contribution in [2.75, 3.05) is 29.9 Å². The topological polar surface area (TPSA) is 140 Å². The van der Waals surface area contributed by atoms with Crippen LogP contribution in [0.2, 0.25) is 0 Å². The molecule has 0 unspecified atom stereocenters. The molecular formula is C23H28N8O3. The Kier molecular flexibility index (Phi) is 5.28. The average molecular weight is 465 g/mol. The monoisotopic (exact) mass is 464 g/mol. The summed E-state index contributed by atoms with van der Waals surface area (Å²) in [5, 5.41) is 26.9. The second kappa shape index (κ2) is 8.06. The highest BCUT2D eigenvalue weighted by Crippen LogP contribution is 2.51. The fourth-order valence-corrected chi connectivity index (χ4v) is 4.90. The molecule has 1 aliphatic carbocycles. The van der Waals surface area contributed by atoms with Crippen molar-refractivity contribution >= 4 is 29.3 Å². The summed E-state index contributed by atoms with van der Waals surface area (Å²) in [6.45, 7) is 4.89. The van der Waals surface area contributed by atoms with E-state index < -0.39 is 17.1 Å². The van der Waals surface area contributed by atoms with Crippen molar-refractivity contribution in [2.24, 2.45) is 11.3 Å². The highest BCUT2D eigenvalue weighted by Gasteiger charge is 2.57. The summed E-state index contributed by atoms with van der Waals surface area (Å²) < 4.78 is 1.58. The highest BCUT2D eigenvalue weighted by atomic mass is 16.3. The van der Waals surface area contributed by atoms with Crippen molar-refractivity contribution in [3.8, 4) is 6.07 Å². The molecule has 5 rings (SSSR count). The van der Waals surface area contributed by atoms with E-state index in [-0.39, 0.29) is 23.7 Å². The first-order valence-electron chi connectivity index (χ1n) is 11.6. The van der Waals surface area contributed by atoms with Crippen molar-refractivity contribution in [3.63, 3.8) is 0 Å². The zero-order valence-electron chi connectivity index (χ0n) is 19.3. The molecule has 2 aliphatic heterocycles. The van der Waals surface area contributed by atoms with Gasteiger partial charge in [-0.1, -0.05) is 0 Å². The van der Waals surface area contributed by atoms with Gasteiger partial charge in [-0.15, -0.1) is 0 Å². The van der Waals surface area contributed by atoms with E-state index in [9.17, 15) is 20.0 Å². The van der Waals surface area contributed by atoms with Crippen molar-refractivity contribution < 1.29 is 14.7 Å². The number of amides is 2. The number of aliphatic hydroxyl groups excluding tert-OH is 1. The lowest BCUT2D eigenvalue weighted by molar-refractivity contribution is -0.139. The predicted octanol–water partition coefficient (Wildman–Crippen LogP) is 1.40. The maximum absolute atomic E-state index is 13.1. The molecule has 178 valence electrons. The summed E-state index contributed by atoms with van der Waals surface area (Å²) in [6.07, 6.45) is 7.31. The van der Waals surface area contributed by atoms with E-state index in [1.165, 1.54) is 0 Å². The standard InChI is InChI=1S/C23H28N8O3/c1-22(2,19(33)29-9-6-17(32)13-29)31-12-16(11-26-31)27-21-25-8-5-18(28-21)30-10-7-23(14-24,20(30)34)15-3-4-15/h5,8,11-12,15,17,32H,3-4,6-7,9-10,13H2,1-2H3,(H,25,27,28)/t17-,23+/m0/s1. The van der Waals surface area contributed by atoms with Crippen molar-refractivity contribution in [1.29, 1.82) is 5.26 Å². The van der Waals surface area contributed by atoms with Crippen LogP contribution in [-0.2, 0) is 15.1 Å². The molecule has 2 aromatic rings. The van der Waals surface area contributed by atoms with Gasteiger partial charge in [-0.2, -0.15) is 15.3 Å².